The molecule has 6 aliphatic heterocycles. The number of likely N-dealkylation sites (N-methyl/N-ethyl adjacent to an activating group) is 4. The maximum absolute atomic E-state index is 5.56. The molecule has 9 rings (SSSR count). The van der Waals surface area contributed by atoms with E-state index in [1.807, 2.05) is 0 Å². The molecular formula is C44H41ClN6Se2. The number of nitrogens with zero attached hydrogens (tertiary/aromatic N) is 6. The third-order valence-corrected chi connectivity index (χ3v) is 14.7. The van der Waals surface area contributed by atoms with Crippen LogP contribution in [-0.2, 0) is 0 Å². The van der Waals surface area contributed by atoms with Crippen molar-refractivity contribution in [3.63, 3.8) is 0 Å². The van der Waals surface area contributed by atoms with E-state index in [9.17, 15) is 0 Å². The van der Waals surface area contributed by atoms with Crippen LogP contribution < -0.4 is 0 Å². The molecule has 6 aliphatic rings. The van der Waals surface area contributed by atoms with E-state index in [1.54, 1.807) is 0 Å². The molecule has 0 fully saturated rings. The van der Waals surface area contributed by atoms with Crippen LogP contribution >= 0.6 is 12.4 Å². The van der Waals surface area contributed by atoms with Gasteiger partial charge in [0.2, 0.25) is 0 Å². The van der Waals surface area contributed by atoms with Crippen LogP contribution in [0.4, 0.5) is 0 Å². The minimum absolute atomic E-state index is 0. The largest absolute Gasteiger partial charge is 0.147 e. The van der Waals surface area contributed by atoms with Gasteiger partial charge in [-0.2, -0.15) is 0 Å². The second-order valence-corrected chi connectivity index (χ2v) is 18.6. The van der Waals surface area contributed by atoms with Crippen LogP contribution in [0.15, 0.2) is 97.7 Å². The third-order valence-electron chi connectivity index (χ3n) is 10.0. The van der Waals surface area contributed by atoms with Crippen LogP contribution in [0.25, 0.3) is 63.6 Å². The topological polar surface area (TPSA) is 38.7 Å². The first-order valence-corrected chi connectivity index (χ1v) is 21.1. The Hall–Kier alpha value is -4.55. The molecule has 6 nitrogen and oxygen atoms in total. The zero-order valence-electron chi connectivity index (χ0n) is 30.3. The molecule has 9 heterocycles. The zero-order valence-corrected chi connectivity index (χ0v) is 34.5. The Kier molecular flexibility index (Phi) is 9.84. The summed E-state index contributed by atoms with van der Waals surface area (Å²) in [6, 6.07) is 9.45. The SMILES string of the molecule is CN1C=CC=C(c2c3nc(c(C4=CC=CN(C)C4)c4ccc([se]4)c(C4=CC=CN(C)C4)c4nc(c(C5=CC=CN(C)C5)c5ccc2[se]5)C=C4)C=C3)C1.Cl. The van der Waals surface area contributed by atoms with Gasteiger partial charge in [-0.15, -0.1) is 12.4 Å². The second-order valence-electron chi connectivity index (χ2n) is 14.1. The van der Waals surface area contributed by atoms with Crippen LogP contribution in [0.2, 0.25) is 0 Å². The summed E-state index contributed by atoms with van der Waals surface area (Å²) in [5, 5.41) is 0. The number of fused-ring (bicyclic) bond motifs is 8. The molecule has 0 saturated carbocycles. The summed E-state index contributed by atoms with van der Waals surface area (Å²) in [6.45, 7) is 3.39. The van der Waals surface area contributed by atoms with Gasteiger partial charge >= 0.3 is 319 Å². The van der Waals surface area contributed by atoms with Crippen molar-refractivity contribution in [2.75, 3.05) is 54.4 Å². The maximum Gasteiger partial charge on any atom is -0.147 e. The zero-order chi connectivity index (χ0) is 35.3. The Labute approximate surface area is 329 Å². The normalized spacial score (nSPS) is 17.6. The summed E-state index contributed by atoms with van der Waals surface area (Å²) >= 11 is 0.0956. The minimum atomic E-state index is 0. The molecule has 266 valence electrons. The van der Waals surface area contributed by atoms with Crippen molar-refractivity contribution in [1.82, 2.24) is 29.6 Å². The smallest absolute Gasteiger partial charge is 0.147 e. The van der Waals surface area contributed by atoms with Crippen molar-refractivity contribution in [2.45, 2.75) is 0 Å². The van der Waals surface area contributed by atoms with Gasteiger partial charge in [0, 0.05) is 0 Å². The van der Waals surface area contributed by atoms with Crippen molar-refractivity contribution in [3.05, 3.63) is 143 Å². The fourth-order valence-corrected chi connectivity index (χ4v) is 12.6. The number of rotatable bonds is 4. The second kappa shape index (κ2) is 14.7. The maximum atomic E-state index is 5.56. The molecule has 8 bridgehead atoms. The predicted molar refractivity (Wildman–Crippen MR) is 230 cm³/mol. The van der Waals surface area contributed by atoms with Crippen LogP contribution in [0.5, 0.6) is 0 Å². The fraction of sp³-hybridized carbons (Fsp3) is 0.182. The van der Waals surface area contributed by atoms with E-state index in [2.05, 4.69) is 170 Å². The first-order chi connectivity index (χ1) is 25.4. The standard InChI is InChI=1S/C44H40N6Se2.ClH/c1-47-21-5-9-29(25-47)41-33-13-14-34(45-33)42(30-10-6-22-48(2)26-30)39-19-20-40(52-39)44(32-12-8-24-50(4)28-32)36-16-15-35(46-36)43(38-18-17-37(41)51-38)31-11-7-23-49(3)27-31;/h5-24H,25-28H2,1-4H3;1H. The predicted octanol–water partition coefficient (Wildman–Crippen LogP) is 7.91. The summed E-state index contributed by atoms with van der Waals surface area (Å²) < 4.78 is 5.45. The van der Waals surface area contributed by atoms with Crippen LogP contribution in [0.1, 0.15) is 45.0 Å². The van der Waals surface area contributed by atoms with Crippen LogP contribution in [-0.4, -0.2) is 113 Å². The number of allylic oxidation sites excluding steroid dienone is 8. The van der Waals surface area contributed by atoms with Gasteiger partial charge in [0.1, 0.15) is 0 Å². The molecule has 0 saturated heterocycles. The van der Waals surface area contributed by atoms with E-state index < -0.39 is 0 Å². The van der Waals surface area contributed by atoms with Gasteiger partial charge in [0.05, 0.1) is 0 Å². The summed E-state index contributed by atoms with van der Waals surface area (Å²) in [6.07, 6.45) is 35.5. The first-order valence-electron chi connectivity index (χ1n) is 17.7. The van der Waals surface area contributed by atoms with Gasteiger partial charge in [-0.25, -0.2) is 0 Å². The average Bonchev–Trinajstić information content (AvgIpc) is 3.96. The van der Waals surface area contributed by atoms with Crippen molar-refractivity contribution in [3.8, 4) is 0 Å². The van der Waals surface area contributed by atoms with Gasteiger partial charge in [-0.05, 0) is 0 Å². The molecule has 0 atom stereocenters. The van der Waals surface area contributed by atoms with Crippen molar-refractivity contribution < 1.29 is 0 Å². The Morgan fingerprint density at radius 3 is 0.887 bits per heavy atom. The fourth-order valence-electron chi connectivity index (χ4n) is 7.66. The van der Waals surface area contributed by atoms with Crippen molar-refractivity contribution in [1.29, 1.82) is 0 Å². The summed E-state index contributed by atoms with van der Waals surface area (Å²) in [7, 11) is 8.61. The molecule has 53 heavy (non-hydrogen) atoms. The summed E-state index contributed by atoms with van der Waals surface area (Å²) in [5.41, 5.74) is 14.5. The molecule has 0 aromatic carbocycles. The van der Waals surface area contributed by atoms with Gasteiger partial charge in [-0.1, -0.05) is 0 Å². The number of aromatic nitrogens is 2. The number of hydrogen-bond donors (Lipinski definition) is 0. The molecule has 0 amide bonds. The van der Waals surface area contributed by atoms with Crippen LogP contribution in [0.3, 0.4) is 0 Å². The molecule has 3 aromatic heterocycles. The first kappa shape index (κ1) is 35.5. The van der Waals surface area contributed by atoms with E-state index in [0.29, 0.717) is 0 Å². The van der Waals surface area contributed by atoms with Crippen LogP contribution in [0, 0.1) is 0 Å². The monoisotopic (exact) mass is 848 g/mol. The van der Waals surface area contributed by atoms with Crippen molar-refractivity contribution in [2.24, 2.45) is 0 Å². The Morgan fingerprint density at radius 2 is 0.660 bits per heavy atom. The molecule has 0 radical (unpaired) electrons. The molecular weight excluding hydrogens is 806 g/mol. The summed E-state index contributed by atoms with van der Waals surface area (Å²) in [4.78, 5) is 20.2. The third kappa shape index (κ3) is 6.87. The Morgan fingerprint density at radius 1 is 0.415 bits per heavy atom. The number of hydrogen-bond acceptors (Lipinski definition) is 6. The molecule has 3 aromatic rings. The van der Waals surface area contributed by atoms with E-state index in [4.69, 9.17) is 9.97 Å². The van der Waals surface area contributed by atoms with E-state index in [-0.39, 0.29) is 41.4 Å². The molecule has 0 unspecified atom stereocenters. The Balaban J connectivity index is 0.00000400. The molecule has 9 heteroatoms. The van der Waals surface area contributed by atoms with Gasteiger partial charge in [0.25, 0.3) is 0 Å². The quantitative estimate of drug-likeness (QED) is 0.172. The molecule has 0 N–H and O–H groups in total. The van der Waals surface area contributed by atoms with E-state index >= 15 is 0 Å². The van der Waals surface area contributed by atoms with Gasteiger partial charge in [-0.3, -0.25) is 0 Å². The summed E-state index contributed by atoms with van der Waals surface area (Å²) in [5.74, 6) is 0. The average molecular weight is 847 g/mol. The minimum Gasteiger partial charge on any atom is -0.147 e. The molecule has 0 spiro atoms. The van der Waals surface area contributed by atoms with E-state index in [0.717, 1.165) is 49.0 Å². The van der Waals surface area contributed by atoms with Crippen molar-refractivity contribution >= 4 is 105 Å². The number of halogens is 1. The van der Waals surface area contributed by atoms with Gasteiger partial charge in [0.15, 0.2) is 0 Å². The van der Waals surface area contributed by atoms with Gasteiger partial charge < -0.3 is 0 Å². The molecule has 0 aliphatic carbocycles. The van der Waals surface area contributed by atoms with E-state index in [1.165, 1.54) is 61.6 Å². The Bertz CT molecular complexity index is 2160.